The molecular weight excluding hydrogens is 300 g/mol. The highest BCUT2D eigenvalue weighted by molar-refractivity contribution is 5.14. The predicted octanol–water partition coefficient (Wildman–Crippen LogP) is 1.19. The zero-order chi connectivity index (χ0) is 16.7. The zero-order valence-corrected chi connectivity index (χ0v) is 13.6. The summed E-state index contributed by atoms with van der Waals surface area (Å²) in [5, 5.41) is 19.4. The van der Waals surface area contributed by atoms with Crippen molar-refractivity contribution in [2.45, 2.75) is 63.4 Å². The molecule has 0 aliphatic carbocycles. The summed E-state index contributed by atoms with van der Waals surface area (Å²) in [6, 6.07) is 9.74. The SMILES string of the molecule is CC1(C)OC2O[C@H]([C@H](O)CO)[C@@](C)(OCc3ccccc3)[C@H]2O1. The molecule has 0 bridgehead atoms. The number of aliphatic hydroxyl groups excluding tert-OH is 2. The third kappa shape index (κ3) is 3.15. The predicted molar refractivity (Wildman–Crippen MR) is 81.4 cm³/mol. The van der Waals surface area contributed by atoms with E-state index in [4.69, 9.17) is 18.9 Å². The quantitative estimate of drug-likeness (QED) is 0.847. The minimum atomic E-state index is -1.07. The van der Waals surface area contributed by atoms with Crippen molar-refractivity contribution in [3.63, 3.8) is 0 Å². The number of hydrogen-bond donors (Lipinski definition) is 2. The van der Waals surface area contributed by atoms with E-state index in [1.165, 1.54) is 0 Å². The second-order valence-electron chi connectivity index (χ2n) is 6.69. The number of rotatable bonds is 5. The molecular formula is C17H24O6. The van der Waals surface area contributed by atoms with Gasteiger partial charge in [-0.05, 0) is 26.3 Å². The van der Waals surface area contributed by atoms with E-state index in [0.717, 1.165) is 5.56 Å². The van der Waals surface area contributed by atoms with Gasteiger partial charge in [-0.1, -0.05) is 30.3 Å². The molecule has 2 saturated heterocycles. The molecule has 2 heterocycles. The Morgan fingerprint density at radius 2 is 1.87 bits per heavy atom. The summed E-state index contributed by atoms with van der Waals surface area (Å²) >= 11 is 0. The van der Waals surface area contributed by atoms with Crippen molar-refractivity contribution in [3.05, 3.63) is 35.9 Å². The second-order valence-corrected chi connectivity index (χ2v) is 6.69. The first-order valence-electron chi connectivity index (χ1n) is 7.83. The molecule has 0 radical (unpaired) electrons. The molecule has 128 valence electrons. The molecule has 23 heavy (non-hydrogen) atoms. The van der Waals surface area contributed by atoms with E-state index in [1.807, 2.05) is 51.1 Å². The van der Waals surface area contributed by atoms with Crippen molar-refractivity contribution in [2.24, 2.45) is 0 Å². The fourth-order valence-corrected chi connectivity index (χ4v) is 3.20. The smallest absolute Gasteiger partial charge is 0.190 e. The van der Waals surface area contributed by atoms with Crippen LogP contribution in [0.5, 0.6) is 0 Å². The van der Waals surface area contributed by atoms with Crippen LogP contribution in [0.3, 0.4) is 0 Å². The lowest BCUT2D eigenvalue weighted by atomic mass is 9.91. The van der Waals surface area contributed by atoms with Gasteiger partial charge in [-0.2, -0.15) is 0 Å². The van der Waals surface area contributed by atoms with Crippen molar-refractivity contribution in [3.8, 4) is 0 Å². The van der Waals surface area contributed by atoms with Crippen LogP contribution in [-0.4, -0.2) is 52.8 Å². The van der Waals surface area contributed by atoms with Crippen LogP contribution in [0.25, 0.3) is 0 Å². The number of aliphatic hydroxyl groups is 2. The minimum absolute atomic E-state index is 0.350. The largest absolute Gasteiger partial charge is 0.394 e. The average Bonchev–Trinajstić information content (AvgIpc) is 2.98. The van der Waals surface area contributed by atoms with Crippen molar-refractivity contribution >= 4 is 0 Å². The lowest BCUT2D eigenvalue weighted by molar-refractivity contribution is -0.250. The summed E-state index contributed by atoms with van der Waals surface area (Å²) in [7, 11) is 0. The number of hydrogen-bond acceptors (Lipinski definition) is 6. The summed E-state index contributed by atoms with van der Waals surface area (Å²) < 4.78 is 23.6. The van der Waals surface area contributed by atoms with Crippen LogP contribution in [0.1, 0.15) is 26.3 Å². The summed E-state index contributed by atoms with van der Waals surface area (Å²) in [6.07, 6.45) is -2.91. The van der Waals surface area contributed by atoms with E-state index in [2.05, 4.69) is 0 Å². The Kier molecular flexibility index (Phi) is 4.48. The van der Waals surface area contributed by atoms with Gasteiger partial charge >= 0.3 is 0 Å². The first-order valence-corrected chi connectivity index (χ1v) is 7.83. The molecule has 0 saturated carbocycles. The van der Waals surface area contributed by atoms with Gasteiger partial charge in [0, 0.05) is 0 Å². The number of fused-ring (bicyclic) bond motifs is 1. The van der Waals surface area contributed by atoms with Crippen molar-refractivity contribution in [1.82, 2.24) is 0 Å². The molecule has 5 atom stereocenters. The Balaban J connectivity index is 1.81. The van der Waals surface area contributed by atoms with Crippen LogP contribution in [0.2, 0.25) is 0 Å². The summed E-state index contributed by atoms with van der Waals surface area (Å²) in [4.78, 5) is 0. The first kappa shape index (κ1) is 16.8. The third-order valence-corrected chi connectivity index (χ3v) is 4.40. The number of ether oxygens (including phenoxy) is 4. The molecule has 0 aromatic heterocycles. The van der Waals surface area contributed by atoms with E-state index >= 15 is 0 Å². The molecule has 0 amide bonds. The normalized spacial score (nSPS) is 36.8. The lowest BCUT2D eigenvalue weighted by Gasteiger charge is -2.36. The van der Waals surface area contributed by atoms with Crippen LogP contribution < -0.4 is 0 Å². The van der Waals surface area contributed by atoms with Crippen LogP contribution in [0, 0.1) is 0 Å². The Morgan fingerprint density at radius 3 is 2.52 bits per heavy atom. The standard InChI is InChI=1S/C17H24O6/c1-16(2)22-14-15(23-16)21-13(12(19)9-18)17(14,3)20-10-11-7-5-4-6-8-11/h4-8,12-15,18-19H,9-10H2,1-3H3/t12-,13-,14+,15?,17-/m1/s1. The van der Waals surface area contributed by atoms with Gasteiger partial charge in [-0.3, -0.25) is 0 Å². The zero-order valence-electron chi connectivity index (χ0n) is 13.6. The minimum Gasteiger partial charge on any atom is -0.394 e. The molecule has 6 nitrogen and oxygen atoms in total. The molecule has 2 aliphatic heterocycles. The van der Waals surface area contributed by atoms with Gasteiger partial charge in [0.2, 0.25) is 0 Å². The summed E-state index contributed by atoms with van der Waals surface area (Å²) in [6.45, 7) is 5.38. The molecule has 1 unspecified atom stereocenters. The van der Waals surface area contributed by atoms with Gasteiger partial charge in [-0.15, -0.1) is 0 Å². The summed E-state index contributed by atoms with van der Waals surface area (Å²) in [5.74, 6) is -0.776. The molecule has 1 aromatic rings. The fraction of sp³-hybridized carbons (Fsp3) is 0.647. The topological polar surface area (TPSA) is 77.4 Å². The highest BCUT2D eigenvalue weighted by atomic mass is 16.8. The van der Waals surface area contributed by atoms with Crippen LogP contribution in [0.4, 0.5) is 0 Å². The Bertz CT molecular complexity index is 533. The monoisotopic (exact) mass is 324 g/mol. The van der Waals surface area contributed by atoms with E-state index in [1.54, 1.807) is 0 Å². The maximum absolute atomic E-state index is 10.1. The Morgan fingerprint density at radius 1 is 1.17 bits per heavy atom. The fourth-order valence-electron chi connectivity index (χ4n) is 3.20. The first-order chi connectivity index (χ1) is 10.9. The molecule has 1 aromatic carbocycles. The van der Waals surface area contributed by atoms with Crippen LogP contribution in [-0.2, 0) is 25.6 Å². The van der Waals surface area contributed by atoms with Gasteiger partial charge in [0.1, 0.15) is 23.9 Å². The maximum atomic E-state index is 10.1. The molecule has 2 fully saturated rings. The molecule has 6 heteroatoms. The molecule has 0 spiro atoms. The highest BCUT2D eigenvalue weighted by Gasteiger charge is 2.63. The van der Waals surface area contributed by atoms with E-state index in [0.29, 0.717) is 6.61 Å². The van der Waals surface area contributed by atoms with Crippen LogP contribution in [0.15, 0.2) is 30.3 Å². The highest BCUT2D eigenvalue weighted by Crippen LogP contribution is 2.46. The van der Waals surface area contributed by atoms with Gasteiger partial charge in [0.25, 0.3) is 0 Å². The van der Waals surface area contributed by atoms with Crippen molar-refractivity contribution in [1.29, 1.82) is 0 Å². The second kappa shape index (κ2) is 6.12. The summed E-state index contributed by atoms with van der Waals surface area (Å²) in [5.41, 5.74) is 0.0729. The van der Waals surface area contributed by atoms with Gasteiger partial charge in [-0.25, -0.2) is 0 Å². The average molecular weight is 324 g/mol. The molecule has 3 rings (SSSR count). The Hall–Kier alpha value is -1.02. The van der Waals surface area contributed by atoms with E-state index in [9.17, 15) is 10.2 Å². The van der Waals surface area contributed by atoms with Gasteiger partial charge < -0.3 is 29.2 Å². The third-order valence-electron chi connectivity index (χ3n) is 4.40. The van der Waals surface area contributed by atoms with Crippen molar-refractivity contribution in [2.75, 3.05) is 6.61 Å². The van der Waals surface area contributed by atoms with Crippen LogP contribution >= 0.6 is 0 Å². The number of benzene rings is 1. The van der Waals surface area contributed by atoms with Gasteiger partial charge in [0.15, 0.2) is 12.1 Å². The van der Waals surface area contributed by atoms with Gasteiger partial charge in [0.05, 0.1) is 13.2 Å². The molecule has 2 aliphatic rings. The Labute approximate surface area is 135 Å². The van der Waals surface area contributed by atoms with E-state index in [-0.39, 0.29) is 0 Å². The maximum Gasteiger partial charge on any atom is 0.190 e. The van der Waals surface area contributed by atoms with E-state index < -0.39 is 42.6 Å². The van der Waals surface area contributed by atoms with Crippen molar-refractivity contribution < 1.29 is 29.2 Å². The lowest BCUT2D eigenvalue weighted by Crippen LogP contribution is -2.53. The molecule has 2 N–H and O–H groups in total.